The summed E-state index contributed by atoms with van der Waals surface area (Å²) in [5.74, 6) is 0. The molecule has 0 amide bonds. The maximum absolute atomic E-state index is 2.20. The van der Waals surface area contributed by atoms with Crippen molar-refractivity contribution in [3.63, 3.8) is 0 Å². The standard InChI is InChI=1S/C12H11/c1-10-5-4-8-12(9-10)11-6-2-3-7-11/h2-9H,1H3. The molecule has 0 N–H and O–H groups in total. The van der Waals surface area contributed by atoms with E-state index in [9.17, 15) is 0 Å². The zero-order valence-electron chi connectivity index (χ0n) is 7.12. The van der Waals surface area contributed by atoms with Gasteiger partial charge in [0.25, 0.3) is 0 Å². The normalized spacial score (nSPS) is 14.9. The molecule has 2 rings (SSSR count). The van der Waals surface area contributed by atoms with Gasteiger partial charge in [0.2, 0.25) is 0 Å². The van der Waals surface area contributed by atoms with Gasteiger partial charge in [0, 0.05) is 6.42 Å². The van der Waals surface area contributed by atoms with Crippen LogP contribution in [0.3, 0.4) is 0 Å². The number of hydrogen-bond acceptors (Lipinski definition) is 0. The molecule has 12 heavy (non-hydrogen) atoms. The SMILES string of the molecule is Cc1cccc(C2=CC=C[CH]2)c1. The predicted molar refractivity (Wildman–Crippen MR) is 52.6 cm³/mol. The van der Waals surface area contributed by atoms with Crippen molar-refractivity contribution >= 4 is 5.57 Å². The first-order valence-electron chi connectivity index (χ1n) is 4.15. The summed E-state index contributed by atoms with van der Waals surface area (Å²) in [7, 11) is 0. The van der Waals surface area contributed by atoms with Gasteiger partial charge in [-0.2, -0.15) is 0 Å². The number of allylic oxidation sites excluding steroid dienone is 4. The van der Waals surface area contributed by atoms with E-state index in [1.165, 1.54) is 16.7 Å². The molecule has 0 heteroatoms. The van der Waals surface area contributed by atoms with Gasteiger partial charge in [-0.3, -0.25) is 0 Å². The van der Waals surface area contributed by atoms with E-state index in [0.29, 0.717) is 0 Å². The molecule has 0 saturated heterocycles. The minimum absolute atomic E-state index is 1.30. The molecule has 1 aromatic carbocycles. The third-order valence-corrected chi connectivity index (χ3v) is 2.01. The summed E-state index contributed by atoms with van der Waals surface area (Å²) in [4.78, 5) is 0. The van der Waals surface area contributed by atoms with Gasteiger partial charge in [-0.15, -0.1) is 0 Å². The Kier molecular flexibility index (Phi) is 1.83. The smallest absolute Gasteiger partial charge is 0.0131 e. The Morgan fingerprint density at radius 2 is 2.00 bits per heavy atom. The Hall–Kier alpha value is -1.30. The maximum atomic E-state index is 2.20. The molecule has 0 atom stereocenters. The summed E-state index contributed by atoms with van der Waals surface area (Å²) < 4.78 is 0. The molecule has 0 aliphatic heterocycles. The van der Waals surface area contributed by atoms with Crippen molar-refractivity contribution in [2.75, 3.05) is 0 Å². The molecule has 0 unspecified atom stereocenters. The minimum atomic E-state index is 1.30. The molecule has 0 bridgehead atoms. The summed E-state index contributed by atoms with van der Waals surface area (Å²) in [5, 5.41) is 0. The predicted octanol–water partition coefficient (Wildman–Crippen LogP) is 3.15. The summed E-state index contributed by atoms with van der Waals surface area (Å²) in [5.41, 5.74) is 3.92. The van der Waals surface area contributed by atoms with Crippen molar-refractivity contribution in [2.24, 2.45) is 0 Å². The zero-order valence-corrected chi connectivity index (χ0v) is 7.12. The first-order valence-corrected chi connectivity index (χ1v) is 4.15. The molecular formula is C12H11. The Morgan fingerprint density at radius 3 is 2.67 bits per heavy atom. The fourth-order valence-corrected chi connectivity index (χ4v) is 1.39. The van der Waals surface area contributed by atoms with Gasteiger partial charge in [0.1, 0.15) is 0 Å². The quantitative estimate of drug-likeness (QED) is 0.584. The molecule has 0 aromatic heterocycles. The first-order chi connectivity index (χ1) is 5.86. The third-order valence-electron chi connectivity index (χ3n) is 2.01. The van der Waals surface area contributed by atoms with E-state index in [2.05, 4.69) is 55.8 Å². The van der Waals surface area contributed by atoms with Crippen LogP contribution in [0.1, 0.15) is 11.1 Å². The van der Waals surface area contributed by atoms with Crippen LogP contribution in [0, 0.1) is 13.3 Å². The molecule has 0 spiro atoms. The fraction of sp³-hybridized carbons (Fsp3) is 0.0833. The molecule has 0 fully saturated rings. The average Bonchev–Trinajstić information content (AvgIpc) is 2.56. The van der Waals surface area contributed by atoms with Crippen LogP contribution in [0.15, 0.2) is 42.5 Å². The molecule has 0 heterocycles. The highest BCUT2D eigenvalue weighted by atomic mass is 14.1. The molecule has 1 radical (unpaired) electrons. The van der Waals surface area contributed by atoms with Gasteiger partial charge in [0.05, 0.1) is 0 Å². The van der Waals surface area contributed by atoms with Crippen LogP contribution in [0.5, 0.6) is 0 Å². The van der Waals surface area contributed by atoms with Crippen LogP contribution in [-0.4, -0.2) is 0 Å². The van der Waals surface area contributed by atoms with Gasteiger partial charge >= 0.3 is 0 Å². The van der Waals surface area contributed by atoms with E-state index in [1.807, 2.05) is 0 Å². The van der Waals surface area contributed by atoms with Crippen LogP contribution in [-0.2, 0) is 0 Å². The molecular weight excluding hydrogens is 144 g/mol. The maximum Gasteiger partial charge on any atom is 0.0131 e. The second-order valence-corrected chi connectivity index (χ2v) is 3.04. The second-order valence-electron chi connectivity index (χ2n) is 3.04. The van der Waals surface area contributed by atoms with Crippen LogP contribution >= 0.6 is 0 Å². The van der Waals surface area contributed by atoms with Crippen molar-refractivity contribution in [1.82, 2.24) is 0 Å². The molecule has 1 aliphatic rings. The van der Waals surface area contributed by atoms with E-state index >= 15 is 0 Å². The van der Waals surface area contributed by atoms with Crippen molar-refractivity contribution < 1.29 is 0 Å². The summed E-state index contributed by atoms with van der Waals surface area (Å²) in [6.07, 6.45) is 8.40. The molecule has 1 aromatic rings. The number of hydrogen-bond donors (Lipinski definition) is 0. The van der Waals surface area contributed by atoms with Gasteiger partial charge in [0.15, 0.2) is 0 Å². The van der Waals surface area contributed by atoms with Crippen molar-refractivity contribution in [3.05, 3.63) is 60.0 Å². The van der Waals surface area contributed by atoms with Crippen LogP contribution in [0.4, 0.5) is 0 Å². The Balaban J connectivity index is 2.35. The van der Waals surface area contributed by atoms with Gasteiger partial charge in [-0.1, -0.05) is 48.1 Å². The lowest BCUT2D eigenvalue weighted by molar-refractivity contribution is 1.45. The van der Waals surface area contributed by atoms with Gasteiger partial charge < -0.3 is 0 Å². The Bertz CT molecular complexity index is 343. The molecule has 0 saturated carbocycles. The second kappa shape index (κ2) is 2.98. The van der Waals surface area contributed by atoms with E-state index in [0.717, 1.165) is 0 Å². The number of benzene rings is 1. The van der Waals surface area contributed by atoms with E-state index in [4.69, 9.17) is 0 Å². The lowest BCUT2D eigenvalue weighted by Gasteiger charge is -2.01. The largest absolute Gasteiger partial charge is 0.0760 e. The molecule has 0 nitrogen and oxygen atoms in total. The van der Waals surface area contributed by atoms with Crippen LogP contribution in [0.2, 0.25) is 0 Å². The van der Waals surface area contributed by atoms with E-state index < -0.39 is 0 Å². The van der Waals surface area contributed by atoms with Crippen molar-refractivity contribution in [1.29, 1.82) is 0 Å². The van der Waals surface area contributed by atoms with Crippen molar-refractivity contribution in [3.8, 4) is 0 Å². The summed E-state index contributed by atoms with van der Waals surface area (Å²) in [6.45, 7) is 2.12. The molecule has 59 valence electrons. The number of rotatable bonds is 1. The lowest BCUT2D eigenvalue weighted by atomic mass is 10.0. The third kappa shape index (κ3) is 1.33. The average molecular weight is 155 g/mol. The number of aryl methyl sites for hydroxylation is 1. The lowest BCUT2D eigenvalue weighted by Crippen LogP contribution is -1.81. The van der Waals surface area contributed by atoms with Gasteiger partial charge in [-0.05, 0) is 18.1 Å². The van der Waals surface area contributed by atoms with Crippen LogP contribution < -0.4 is 0 Å². The monoisotopic (exact) mass is 155 g/mol. The highest BCUT2D eigenvalue weighted by Crippen LogP contribution is 2.22. The Morgan fingerprint density at radius 1 is 1.08 bits per heavy atom. The van der Waals surface area contributed by atoms with E-state index in [1.54, 1.807) is 0 Å². The Labute approximate surface area is 73.2 Å². The highest BCUT2D eigenvalue weighted by molar-refractivity contribution is 5.78. The van der Waals surface area contributed by atoms with Gasteiger partial charge in [-0.25, -0.2) is 0 Å². The minimum Gasteiger partial charge on any atom is -0.0760 e. The fourth-order valence-electron chi connectivity index (χ4n) is 1.39. The first kappa shape index (κ1) is 7.35. The highest BCUT2D eigenvalue weighted by Gasteiger charge is 2.02. The van der Waals surface area contributed by atoms with Crippen molar-refractivity contribution in [2.45, 2.75) is 6.92 Å². The zero-order chi connectivity index (χ0) is 8.39. The summed E-state index contributed by atoms with van der Waals surface area (Å²) in [6, 6.07) is 8.56. The summed E-state index contributed by atoms with van der Waals surface area (Å²) >= 11 is 0. The van der Waals surface area contributed by atoms with E-state index in [-0.39, 0.29) is 0 Å². The van der Waals surface area contributed by atoms with Crippen LogP contribution in [0.25, 0.3) is 5.57 Å². The topological polar surface area (TPSA) is 0 Å². The molecule has 1 aliphatic carbocycles.